The van der Waals surface area contributed by atoms with Crippen LogP contribution in [0.2, 0.25) is 5.15 Å². The summed E-state index contributed by atoms with van der Waals surface area (Å²) >= 11 is 5.73. The van der Waals surface area contributed by atoms with Crippen molar-refractivity contribution in [3.8, 4) is 0 Å². The van der Waals surface area contributed by atoms with Crippen LogP contribution in [-0.4, -0.2) is 11.2 Å². The van der Waals surface area contributed by atoms with Crippen molar-refractivity contribution in [1.82, 2.24) is 4.98 Å². The molecule has 0 saturated heterocycles. The van der Waals surface area contributed by atoms with E-state index in [1.54, 1.807) is 36.4 Å². The van der Waals surface area contributed by atoms with E-state index in [-0.39, 0.29) is 5.15 Å². The maximum absolute atomic E-state index is 12.7. The van der Waals surface area contributed by atoms with Crippen molar-refractivity contribution in [2.24, 2.45) is 0 Å². The van der Waals surface area contributed by atoms with Crippen LogP contribution in [0, 0.1) is 0 Å². The number of hydrogen-bond donors (Lipinski definition) is 1. The summed E-state index contributed by atoms with van der Waals surface area (Å²) < 4.78 is 38.1. The molecule has 106 valence electrons. The molecule has 1 unspecified atom stereocenters. The smallest absolute Gasteiger partial charge is 0.378 e. The number of aromatic nitrogens is 1. The molecule has 2 nitrogen and oxygen atoms in total. The fourth-order valence-corrected chi connectivity index (χ4v) is 2.04. The molecule has 0 amide bonds. The Bertz CT molecular complexity index is 558. The van der Waals surface area contributed by atoms with Crippen LogP contribution in [0.15, 0.2) is 48.7 Å². The molecule has 1 atom stereocenters. The second kappa shape index (κ2) is 6.13. The summed E-state index contributed by atoms with van der Waals surface area (Å²) in [6.45, 7) is 0. The molecule has 1 aromatic carbocycles. The molecule has 20 heavy (non-hydrogen) atoms. The molecule has 1 heterocycles. The molecule has 2 rings (SSSR count). The van der Waals surface area contributed by atoms with Crippen molar-refractivity contribution in [3.63, 3.8) is 0 Å². The first kappa shape index (κ1) is 14.7. The summed E-state index contributed by atoms with van der Waals surface area (Å²) in [5, 5.41) is 3.08. The number of benzene rings is 1. The van der Waals surface area contributed by atoms with Crippen molar-refractivity contribution >= 4 is 17.3 Å². The lowest BCUT2D eigenvalue weighted by Crippen LogP contribution is -2.20. The number of alkyl halides is 3. The summed E-state index contributed by atoms with van der Waals surface area (Å²) in [7, 11) is 0. The van der Waals surface area contributed by atoms with Crippen molar-refractivity contribution in [2.45, 2.75) is 18.6 Å². The summed E-state index contributed by atoms with van der Waals surface area (Å²) in [5.74, 6) is 0. The minimum absolute atomic E-state index is 0.230. The highest BCUT2D eigenvalue weighted by Gasteiger charge is 2.32. The lowest BCUT2D eigenvalue weighted by molar-refractivity contribution is -0.137. The Morgan fingerprint density at radius 3 is 2.45 bits per heavy atom. The van der Waals surface area contributed by atoms with Crippen molar-refractivity contribution < 1.29 is 13.2 Å². The maximum atomic E-state index is 12.7. The molecule has 0 spiro atoms. The normalized spacial score (nSPS) is 13.0. The third-order valence-corrected chi connectivity index (χ3v) is 2.91. The number of halogens is 4. The van der Waals surface area contributed by atoms with E-state index in [2.05, 4.69) is 10.3 Å². The SMILES string of the molecule is FC(F)(F)CC(Nc1ccnc(Cl)c1)c1ccccc1. The number of rotatable bonds is 4. The molecule has 6 heteroatoms. The Morgan fingerprint density at radius 1 is 1.15 bits per heavy atom. The summed E-state index contributed by atoms with van der Waals surface area (Å²) in [5.41, 5.74) is 1.07. The zero-order chi connectivity index (χ0) is 14.6. The molecule has 0 saturated carbocycles. The molecule has 0 bridgehead atoms. The largest absolute Gasteiger partial charge is 0.391 e. The molecule has 0 aliphatic rings. The number of hydrogen-bond acceptors (Lipinski definition) is 2. The quantitative estimate of drug-likeness (QED) is 0.817. The van der Waals surface area contributed by atoms with Gasteiger partial charge in [0.05, 0.1) is 12.5 Å². The Labute approximate surface area is 119 Å². The van der Waals surface area contributed by atoms with Crippen molar-refractivity contribution in [1.29, 1.82) is 0 Å². The van der Waals surface area contributed by atoms with Crippen LogP contribution >= 0.6 is 11.6 Å². The van der Waals surface area contributed by atoms with E-state index in [4.69, 9.17) is 11.6 Å². The second-order valence-corrected chi connectivity index (χ2v) is 4.68. The third-order valence-electron chi connectivity index (χ3n) is 2.70. The first-order valence-corrected chi connectivity index (χ1v) is 6.31. The van der Waals surface area contributed by atoms with E-state index < -0.39 is 18.6 Å². The minimum Gasteiger partial charge on any atom is -0.378 e. The molecule has 0 aliphatic heterocycles. The molecule has 0 radical (unpaired) electrons. The topological polar surface area (TPSA) is 24.9 Å². The average molecular weight is 301 g/mol. The number of anilines is 1. The standard InChI is InChI=1S/C14H12ClF3N2/c15-13-8-11(6-7-19-13)20-12(9-14(16,17)18)10-4-2-1-3-5-10/h1-8,12H,9H2,(H,19,20). The number of nitrogens with zero attached hydrogens (tertiary/aromatic N) is 1. The predicted octanol–water partition coefficient (Wildman–Crippen LogP) is 4.84. The highest BCUT2D eigenvalue weighted by atomic mass is 35.5. The van der Waals surface area contributed by atoms with Gasteiger partial charge >= 0.3 is 6.18 Å². The molecule has 0 fully saturated rings. The van der Waals surface area contributed by atoms with Crippen LogP contribution in [0.3, 0.4) is 0 Å². The summed E-state index contributed by atoms with van der Waals surface area (Å²) in [6, 6.07) is 10.7. The highest BCUT2D eigenvalue weighted by Crippen LogP contribution is 2.32. The van der Waals surface area contributed by atoms with Crippen LogP contribution in [0.5, 0.6) is 0 Å². The summed E-state index contributed by atoms with van der Waals surface area (Å²) in [4.78, 5) is 3.80. The van der Waals surface area contributed by atoms with Gasteiger partial charge in [-0.15, -0.1) is 0 Å². The van der Waals surface area contributed by atoms with Crippen molar-refractivity contribution in [3.05, 3.63) is 59.4 Å². The van der Waals surface area contributed by atoms with Crippen LogP contribution in [0.1, 0.15) is 18.0 Å². The molecule has 1 N–H and O–H groups in total. The summed E-state index contributed by atoms with van der Waals surface area (Å²) in [6.07, 6.45) is -3.78. The van der Waals surface area contributed by atoms with Crippen LogP contribution in [0.25, 0.3) is 0 Å². The Hall–Kier alpha value is -1.75. The molecule has 1 aromatic heterocycles. The van der Waals surface area contributed by atoms with Gasteiger partial charge in [0.1, 0.15) is 5.15 Å². The zero-order valence-electron chi connectivity index (χ0n) is 10.4. The predicted molar refractivity (Wildman–Crippen MR) is 72.7 cm³/mol. The van der Waals surface area contributed by atoms with Gasteiger partial charge in [-0.25, -0.2) is 4.98 Å². The molecule has 0 aliphatic carbocycles. The monoisotopic (exact) mass is 300 g/mol. The maximum Gasteiger partial charge on any atom is 0.391 e. The third kappa shape index (κ3) is 4.42. The first-order valence-electron chi connectivity index (χ1n) is 5.94. The minimum atomic E-state index is -4.26. The fourth-order valence-electron chi connectivity index (χ4n) is 1.86. The van der Waals surface area contributed by atoms with E-state index in [0.29, 0.717) is 11.3 Å². The van der Waals surface area contributed by atoms with E-state index in [9.17, 15) is 13.2 Å². The van der Waals surface area contributed by atoms with Crippen LogP contribution < -0.4 is 5.32 Å². The van der Waals surface area contributed by atoms with Crippen LogP contribution in [0.4, 0.5) is 18.9 Å². The van der Waals surface area contributed by atoms with Gasteiger partial charge in [0.2, 0.25) is 0 Å². The van der Waals surface area contributed by atoms with Gasteiger partial charge in [-0.1, -0.05) is 41.9 Å². The lowest BCUT2D eigenvalue weighted by atomic mass is 10.0. The molecular formula is C14H12ClF3N2. The second-order valence-electron chi connectivity index (χ2n) is 4.29. The average Bonchev–Trinajstić information content (AvgIpc) is 2.37. The van der Waals surface area contributed by atoms with Crippen LogP contribution in [-0.2, 0) is 0 Å². The van der Waals surface area contributed by atoms with Gasteiger partial charge in [0.25, 0.3) is 0 Å². The van der Waals surface area contributed by atoms with Gasteiger partial charge in [0.15, 0.2) is 0 Å². The van der Waals surface area contributed by atoms with Gasteiger partial charge in [-0.3, -0.25) is 0 Å². The first-order chi connectivity index (χ1) is 9.44. The van der Waals surface area contributed by atoms with E-state index in [0.717, 1.165) is 0 Å². The fraction of sp³-hybridized carbons (Fsp3) is 0.214. The van der Waals surface area contributed by atoms with Crippen molar-refractivity contribution in [2.75, 3.05) is 5.32 Å². The number of pyridine rings is 1. The highest BCUT2D eigenvalue weighted by molar-refractivity contribution is 6.29. The molecular weight excluding hydrogens is 289 g/mol. The van der Waals surface area contributed by atoms with E-state index in [1.807, 2.05) is 0 Å². The van der Waals surface area contributed by atoms with Gasteiger partial charge in [0, 0.05) is 11.9 Å². The number of nitrogens with one attached hydrogen (secondary N) is 1. The van der Waals surface area contributed by atoms with Gasteiger partial charge in [-0.2, -0.15) is 13.2 Å². The zero-order valence-corrected chi connectivity index (χ0v) is 11.1. The van der Waals surface area contributed by atoms with E-state index >= 15 is 0 Å². The molecule has 2 aromatic rings. The van der Waals surface area contributed by atoms with Gasteiger partial charge in [-0.05, 0) is 17.7 Å². The Kier molecular flexibility index (Phi) is 4.49. The lowest BCUT2D eigenvalue weighted by Gasteiger charge is -2.21. The Morgan fingerprint density at radius 2 is 1.85 bits per heavy atom. The van der Waals surface area contributed by atoms with E-state index in [1.165, 1.54) is 12.3 Å². The van der Waals surface area contributed by atoms with Gasteiger partial charge < -0.3 is 5.32 Å². The Balaban J connectivity index is 2.23.